The number of carbonyl (C=O) groups excluding carboxylic acids is 1. The highest BCUT2D eigenvalue weighted by Crippen LogP contribution is 2.29. The lowest BCUT2D eigenvalue weighted by atomic mass is 10.2. The van der Waals surface area contributed by atoms with Gasteiger partial charge in [-0.25, -0.2) is 13.2 Å². The average Bonchev–Trinajstić information content (AvgIpc) is 2.96. The number of benzene rings is 1. The van der Waals surface area contributed by atoms with Gasteiger partial charge >= 0.3 is 5.97 Å². The molecule has 0 amide bonds. The molecule has 0 heterocycles. The van der Waals surface area contributed by atoms with E-state index in [0.29, 0.717) is 35.2 Å². The summed E-state index contributed by atoms with van der Waals surface area (Å²) < 4.78 is 32.5. The number of carbonyl (C=O) groups is 1. The summed E-state index contributed by atoms with van der Waals surface area (Å²) in [5.41, 5.74) is 0.822. The molecule has 7 heteroatoms. The first kappa shape index (κ1) is 16.3. The molecule has 2 rings (SSSR count). The van der Waals surface area contributed by atoms with Crippen LogP contribution in [0.15, 0.2) is 22.7 Å². The Labute approximate surface area is 133 Å². The Kier molecular flexibility index (Phi) is 5.27. The quantitative estimate of drug-likeness (QED) is 0.801. The minimum absolute atomic E-state index is 0.298. The van der Waals surface area contributed by atoms with Crippen LogP contribution < -0.4 is 4.72 Å². The van der Waals surface area contributed by atoms with Crippen LogP contribution in [0, 0.1) is 0 Å². The molecule has 5 nitrogen and oxygen atoms in total. The van der Waals surface area contributed by atoms with Crippen LogP contribution in [0.2, 0.25) is 0 Å². The second-order valence-electron chi connectivity index (χ2n) is 4.97. The lowest BCUT2D eigenvalue weighted by molar-refractivity contribution is 0.0526. The largest absolute Gasteiger partial charge is 0.462 e. The molecule has 1 N–H and O–H groups in total. The molecule has 0 bridgehead atoms. The van der Waals surface area contributed by atoms with Crippen molar-refractivity contribution in [2.75, 3.05) is 11.3 Å². The van der Waals surface area contributed by atoms with Gasteiger partial charge in [0.1, 0.15) is 0 Å². The summed E-state index contributed by atoms with van der Waals surface area (Å²) >= 11 is 3.29. The highest BCUT2D eigenvalue weighted by Gasteiger charge is 2.29. The minimum atomic E-state index is -3.38. The topological polar surface area (TPSA) is 72.5 Å². The average molecular weight is 376 g/mol. The molecule has 0 atom stereocenters. The lowest BCUT2D eigenvalue weighted by Gasteiger charge is -2.15. The fraction of sp³-hybridized carbons (Fsp3) is 0.500. The van der Waals surface area contributed by atoms with E-state index in [-0.39, 0.29) is 5.25 Å². The van der Waals surface area contributed by atoms with Crippen molar-refractivity contribution < 1.29 is 17.9 Å². The van der Waals surface area contributed by atoms with Crippen LogP contribution in [0.5, 0.6) is 0 Å². The third-order valence-electron chi connectivity index (χ3n) is 3.47. The molecule has 1 aliphatic carbocycles. The molecular formula is C14H18BrNO4S. The van der Waals surface area contributed by atoms with Crippen molar-refractivity contribution in [2.45, 2.75) is 37.9 Å². The Balaban J connectivity index is 2.16. The van der Waals surface area contributed by atoms with E-state index in [1.54, 1.807) is 25.1 Å². The Morgan fingerprint density at radius 2 is 2.05 bits per heavy atom. The Morgan fingerprint density at radius 3 is 2.62 bits per heavy atom. The van der Waals surface area contributed by atoms with Gasteiger partial charge in [0, 0.05) is 4.47 Å². The summed E-state index contributed by atoms with van der Waals surface area (Å²) in [6.45, 7) is 2.03. The molecule has 116 valence electrons. The van der Waals surface area contributed by atoms with E-state index in [1.807, 2.05) is 0 Å². The van der Waals surface area contributed by atoms with E-state index < -0.39 is 16.0 Å². The standard InChI is InChI=1S/C14H18BrNO4S/c1-2-20-14(17)10-7-8-13(12(15)9-10)16-21(18,19)11-5-3-4-6-11/h7-9,11,16H,2-6H2,1H3. The molecule has 0 aliphatic heterocycles. The molecule has 1 saturated carbocycles. The second-order valence-corrected chi connectivity index (χ2v) is 7.78. The Morgan fingerprint density at radius 1 is 1.38 bits per heavy atom. The molecule has 1 aromatic rings. The predicted octanol–water partition coefficient (Wildman–Crippen LogP) is 3.31. The smallest absolute Gasteiger partial charge is 0.338 e. The van der Waals surface area contributed by atoms with Crippen LogP contribution >= 0.6 is 15.9 Å². The number of halogens is 1. The van der Waals surface area contributed by atoms with Gasteiger partial charge in [0.15, 0.2) is 0 Å². The predicted molar refractivity (Wildman–Crippen MR) is 84.9 cm³/mol. The third kappa shape index (κ3) is 3.97. The first-order valence-corrected chi connectivity index (χ1v) is 9.26. The SMILES string of the molecule is CCOC(=O)c1ccc(NS(=O)(=O)C2CCCC2)c(Br)c1. The zero-order valence-electron chi connectivity index (χ0n) is 11.8. The van der Waals surface area contributed by atoms with E-state index in [4.69, 9.17) is 4.74 Å². The van der Waals surface area contributed by atoms with Crippen molar-refractivity contribution in [2.24, 2.45) is 0 Å². The summed E-state index contributed by atoms with van der Waals surface area (Å²) in [6.07, 6.45) is 3.31. The second kappa shape index (κ2) is 6.79. The molecule has 0 saturated heterocycles. The van der Waals surface area contributed by atoms with Gasteiger partial charge < -0.3 is 4.74 Å². The maximum Gasteiger partial charge on any atom is 0.338 e. The van der Waals surface area contributed by atoms with Crippen molar-refractivity contribution in [3.05, 3.63) is 28.2 Å². The molecule has 0 aromatic heterocycles. The van der Waals surface area contributed by atoms with Gasteiger partial charge in [0.25, 0.3) is 0 Å². The van der Waals surface area contributed by atoms with Gasteiger partial charge in [-0.3, -0.25) is 4.72 Å². The van der Waals surface area contributed by atoms with E-state index in [2.05, 4.69) is 20.7 Å². The normalized spacial score (nSPS) is 15.9. The molecule has 1 fully saturated rings. The molecule has 21 heavy (non-hydrogen) atoms. The monoisotopic (exact) mass is 375 g/mol. The number of anilines is 1. The molecule has 1 aliphatic rings. The van der Waals surface area contributed by atoms with Crippen molar-refractivity contribution in [3.63, 3.8) is 0 Å². The van der Waals surface area contributed by atoms with Gasteiger partial charge in [-0.15, -0.1) is 0 Å². The summed E-state index contributed by atoms with van der Waals surface area (Å²) in [5, 5.41) is -0.325. The summed E-state index contributed by atoms with van der Waals surface area (Å²) in [6, 6.07) is 4.68. The first-order valence-electron chi connectivity index (χ1n) is 6.92. The van der Waals surface area contributed by atoms with Crippen LogP contribution in [0.1, 0.15) is 43.0 Å². The highest BCUT2D eigenvalue weighted by atomic mass is 79.9. The lowest BCUT2D eigenvalue weighted by Crippen LogP contribution is -2.25. The number of sulfonamides is 1. The zero-order chi connectivity index (χ0) is 15.5. The van der Waals surface area contributed by atoms with E-state index in [9.17, 15) is 13.2 Å². The van der Waals surface area contributed by atoms with Gasteiger partial charge in [-0.1, -0.05) is 12.8 Å². The van der Waals surface area contributed by atoms with Crippen LogP contribution in [-0.4, -0.2) is 26.2 Å². The van der Waals surface area contributed by atoms with Crippen LogP contribution in [0.4, 0.5) is 5.69 Å². The van der Waals surface area contributed by atoms with Crippen molar-refractivity contribution in [1.29, 1.82) is 0 Å². The number of ether oxygens (including phenoxy) is 1. The maximum absolute atomic E-state index is 12.3. The van der Waals surface area contributed by atoms with Crippen LogP contribution in [0.3, 0.4) is 0 Å². The van der Waals surface area contributed by atoms with Crippen LogP contribution in [0.25, 0.3) is 0 Å². The summed E-state index contributed by atoms with van der Waals surface area (Å²) in [7, 11) is -3.38. The Bertz CT molecular complexity index is 624. The molecule has 0 radical (unpaired) electrons. The van der Waals surface area contributed by atoms with Gasteiger partial charge in [0.2, 0.25) is 10.0 Å². The summed E-state index contributed by atoms with van der Waals surface area (Å²) in [4.78, 5) is 11.6. The fourth-order valence-corrected chi connectivity index (χ4v) is 4.59. The van der Waals surface area contributed by atoms with Gasteiger partial charge in [0.05, 0.1) is 23.1 Å². The molecule has 0 spiro atoms. The van der Waals surface area contributed by atoms with E-state index in [0.717, 1.165) is 12.8 Å². The maximum atomic E-state index is 12.3. The Hall–Kier alpha value is -1.08. The summed E-state index contributed by atoms with van der Waals surface area (Å²) in [5.74, 6) is -0.427. The van der Waals surface area contributed by atoms with Crippen LogP contribution in [-0.2, 0) is 14.8 Å². The minimum Gasteiger partial charge on any atom is -0.462 e. The number of nitrogens with one attached hydrogen (secondary N) is 1. The fourth-order valence-electron chi connectivity index (χ4n) is 2.37. The van der Waals surface area contributed by atoms with Gasteiger partial charge in [-0.05, 0) is 53.9 Å². The van der Waals surface area contributed by atoms with E-state index in [1.165, 1.54) is 0 Å². The number of esters is 1. The third-order valence-corrected chi connectivity index (χ3v) is 5.98. The van der Waals surface area contributed by atoms with Gasteiger partial charge in [-0.2, -0.15) is 0 Å². The molecule has 0 unspecified atom stereocenters. The van der Waals surface area contributed by atoms with Crippen molar-refractivity contribution in [3.8, 4) is 0 Å². The molecule has 1 aromatic carbocycles. The highest BCUT2D eigenvalue weighted by molar-refractivity contribution is 9.10. The van der Waals surface area contributed by atoms with Crippen molar-refractivity contribution >= 4 is 37.6 Å². The number of hydrogen-bond acceptors (Lipinski definition) is 4. The number of hydrogen-bond donors (Lipinski definition) is 1. The molecular weight excluding hydrogens is 358 g/mol. The first-order chi connectivity index (χ1) is 9.94. The number of rotatable bonds is 5. The van der Waals surface area contributed by atoms with Crippen molar-refractivity contribution in [1.82, 2.24) is 0 Å². The van der Waals surface area contributed by atoms with E-state index >= 15 is 0 Å². The zero-order valence-corrected chi connectivity index (χ0v) is 14.2.